The van der Waals surface area contributed by atoms with Crippen LogP contribution >= 0.6 is 0 Å². The van der Waals surface area contributed by atoms with Crippen molar-refractivity contribution in [3.05, 3.63) is 23.9 Å². The van der Waals surface area contributed by atoms with E-state index < -0.39 is 0 Å². The summed E-state index contributed by atoms with van der Waals surface area (Å²) in [7, 11) is 4.08. The Bertz CT molecular complexity index is 437. The zero-order valence-electron chi connectivity index (χ0n) is 13.7. The van der Waals surface area contributed by atoms with Gasteiger partial charge in [0, 0.05) is 18.8 Å². The molecule has 0 aliphatic carbocycles. The van der Waals surface area contributed by atoms with Crippen LogP contribution in [0.5, 0.6) is 0 Å². The van der Waals surface area contributed by atoms with Gasteiger partial charge < -0.3 is 15.0 Å². The number of aromatic nitrogens is 1. The largest absolute Gasteiger partial charge is 0.462 e. The van der Waals surface area contributed by atoms with Gasteiger partial charge >= 0.3 is 5.97 Å². The van der Waals surface area contributed by atoms with E-state index in [-0.39, 0.29) is 12.0 Å². The molecule has 1 N–H and O–H groups in total. The summed E-state index contributed by atoms with van der Waals surface area (Å²) in [5, 5.41) is 3.40. The maximum atomic E-state index is 12.0. The average molecular weight is 293 g/mol. The quantitative estimate of drug-likeness (QED) is 0.747. The van der Waals surface area contributed by atoms with E-state index in [2.05, 4.69) is 29.0 Å². The minimum Gasteiger partial charge on any atom is -0.462 e. The lowest BCUT2D eigenvalue weighted by molar-refractivity contribution is 0.0527. The van der Waals surface area contributed by atoms with E-state index in [1.54, 1.807) is 25.3 Å². The first-order chi connectivity index (χ1) is 9.93. The van der Waals surface area contributed by atoms with Crippen LogP contribution in [0.2, 0.25) is 0 Å². The standard InChI is InChI=1S/C16H27N3O2/c1-6-21-16(20)14-8-7-9-17-15(14)18-13(10-12(2)3)11-19(4)5/h7-9,12-13H,6,10-11H2,1-5H3,(H,17,18). The van der Waals surface area contributed by atoms with Crippen molar-refractivity contribution in [1.82, 2.24) is 9.88 Å². The SMILES string of the molecule is CCOC(=O)c1cccnc1NC(CC(C)C)CN(C)C. The molecule has 0 aliphatic heterocycles. The number of hydrogen-bond acceptors (Lipinski definition) is 5. The second kappa shape index (κ2) is 8.62. The highest BCUT2D eigenvalue weighted by Gasteiger charge is 2.18. The van der Waals surface area contributed by atoms with Crippen LogP contribution in [-0.4, -0.2) is 49.1 Å². The zero-order valence-corrected chi connectivity index (χ0v) is 13.7. The maximum Gasteiger partial charge on any atom is 0.341 e. The van der Waals surface area contributed by atoms with Crippen LogP contribution in [0.4, 0.5) is 5.82 Å². The number of anilines is 1. The topological polar surface area (TPSA) is 54.5 Å². The number of nitrogens with one attached hydrogen (secondary N) is 1. The van der Waals surface area contributed by atoms with Gasteiger partial charge in [-0.2, -0.15) is 0 Å². The number of nitrogens with zero attached hydrogens (tertiary/aromatic N) is 2. The predicted octanol–water partition coefficient (Wildman–Crippen LogP) is 2.65. The minimum absolute atomic E-state index is 0.239. The predicted molar refractivity (Wildman–Crippen MR) is 85.6 cm³/mol. The molecule has 0 aliphatic rings. The molecule has 0 spiro atoms. The number of carbonyl (C=O) groups excluding carboxylic acids is 1. The van der Waals surface area contributed by atoms with Crippen LogP contribution in [0.3, 0.4) is 0 Å². The minimum atomic E-state index is -0.332. The molecule has 1 aromatic heterocycles. The van der Waals surface area contributed by atoms with Crippen molar-refractivity contribution in [3.63, 3.8) is 0 Å². The highest BCUT2D eigenvalue weighted by atomic mass is 16.5. The lowest BCUT2D eigenvalue weighted by atomic mass is 10.0. The summed E-state index contributed by atoms with van der Waals surface area (Å²) >= 11 is 0. The van der Waals surface area contributed by atoms with Crippen molar-refractivity contribution in [1.29, 1.82) is 0 Å². The Balaban J connectivity index is 2.89. The Morgan fingerprint density at radius 2 is 2.14 bits per heavy atom. The highest BCUT2D eigenvalue weighted by molar-refractivity contribution is 5.94. The molecule has 0 radical (unpaired) electrons. The van der Waals surface area contributed by atoms with Crippen molar-refractivity contribution in [2.45, 2.75) is 33.2 Å². The third kappa shape index (κ3) is 6.12. The fraction of sp³-hybridized carbons (Fsp3) is 0.625. The van der Waals surface area contributed by atoms with Crippen molar-refractivity contribution in [2.75, 3.05) is 32.6 Å². The third-order valence-corrected chi connectivity index (χ3v) is 2.99. The zero-order chi connectivity index (χ0) is 15.8. The smallest absolute Gasteiger partial charge is 0.341 e. The fourth-order valence-electron chi connectivity index (χ4n) is 2.28. The molecule has 5 nitrogen and oxygen atoms in total. The number of pyridine rings is 1. The van der Waals surface area contributed by atoms with E-state index in [4.69, 9.17) is 4.74 Å². The molecular weight excluding hydrogens is 266 g/mol. The summed E-state index contributed by atoms with van der Waals surface area (Å²) in [5.74, 6) is 0.835. The monoisotopic (exact) mass is 293 g/mol. The Kier molecular flexibility index (Phi) is 7.15. The molecule has 1 heterocycles. The summed E-state index contributed by atoms with van der Waals surface area (Å²) < 4.78 is 5.08. The number of likely N-dealkylation sites (N-methyl/N-ethyl adjacent to an activating group) is 1. The van der Waals surface area contributed by atoms with Crippen LogP contribution in [0.25, 0.3) is 0 Å². The molecule has 0 saturated carbocycles. The number of carbonyl (C=O) groups is 1. The first kappa shape index (κ1) is 17.4. The number of rotatable bonds is 8. The van der Waals surface area contributed by atoms with Crippen molar-refractivity contribution >= 4 is 11.8 Å². The average Bonchev–Trinajstić information content (AvgIpc) is 2.37. The molecule has 1 atom stereocenters. The number of ether oxygens (including phenoxy) is 1. The van der Waals surface area contributed by atoms with Gasteiger partial charge in [0.05, 0.1) is 6.61 Å². The van der Waals surface area contributed by atoms with Crippen LogP contribution in [-0.2, 0) is 4.74 Å². The summed E-state index contributed by atoms with van der Waals surface area (Å²) in [6.45, 7) is 7.43. The molecule has 1 rings (SSSR count). The van der Waals surface area contributed by atoms with Gasteiger partial charge in [-0.15, -0.1) is 0 Å². The summed E-state index contributed by atoms with van der Waals surface area (Å²) in [6, 6.07) is 3.74. The molecule has 0 aromatic carbocycles. The molecule has 1 aromatic rings. The van der Waals surface area contributed by atoms with Crippen LogP contribution < -0.4 is 5.32 Å². The molecule has 0 fully saturated rings. The normalized spacial score (nSPS) is 12.5. The van der Waals surface area contributed by atoms with E-state index in [1.165, 1.54) is 0 Å². The molecule has 1 unspecified atom stereocenters. The van der Waals surface area contributed by atoms with E-state index in [0.29, 0.717) is 23.9 Å². The number of esters is 1. The Hall–Kier alpha value is -1.62. The van der Waals surface area contributed by atoms with Gasteiger partial charge in [0.25, 0.3) is 0 Å². The molecule has 0 amide bonds. The van der Waals surface area contributed by atoms with Crippen molar-refractivity contribution < 1.29 is 9.53 Å². The molecule has 21 heavy (non-hydrogen) atoms. The Morgan fingerprint density at radius 3 is 2.71 bits per heavy atom. The van der Waals surface area contributed by atoms with Gasteiger partial charge in [-0.1, -0.05) is 13.8 Å². The molecule has 118 valence electrons. The van der Waals surface area contributed by atoms with E-state index in [0.717, 1.165) is 13.0 Å². The van der Waals surface area contributed by atoms with Crippen molar-refractivity contribution in [3.8, 4) is 0 Å². The van der Waals surface area contributed by atoms with Gasteiger partial charge in [0.2, 0.25) is 0 Å². The fourth-order valence-corrected chi connectivity index (χ4v) is 2.28. The van der Waals surface area contributed by atoms with Crippen molar-refractivity contribution in [2.24, 2.45) is 5.92 Å². The number of hydrogen-bond donors (Lipinski definition) is 1. The second-order valence-electron chi connectivity index (χ2n) is 5.85. The van der Waals surface area contributed by atoms with Crippen LogP contribution in [0.15, 0.2) is 18.3 Å². The Morgan fingerprint density at radius 1 is 1.43 bits per heavy atom. The molecular formula is C16H27N3O2. The van der Waals surface area contributed by atoms with Crippen LogP contribution in [0.1, 0.15) is 37.6 Å². The van der Waals surface area contributed by atoms with Gasteiger partial charge in [-0.25, -0.2) is 9.78 Å². The molecule has 5 heteroatoms. The summed E-state index contributed by atoms with van der Waals surface area (Å²) in [4.78, 5) is 18.4. The second-order valence-corrected chi connectivity index (χ2v) is 5.85. The van der Waals surface area contributed by atoms with Gasteiger partial charge in [-0.05, 0) is 45.5 Å². The van der Waals surface area contributed by atoms with Crippen LogP contribution in [0, 0.1) is 5.92 Å². The summed E-state index contributed by atoms with van der Waals surface area (Å²) in [5.41, 5.74) is 0.492. The van der Waals surface area contributed by atoms with E-state index in [9.17, 15) is 4.79 Å². The lowest BCUT2D eigenvalue weighted by Crippen LogP contribution is -2.34. The lowest BCUT2D eigenvalue weighted by Gasteiger charge is -2.25. The van der Waals surface area contributed by atoms with Gasteiger partial charge in [0.15, 0.2) is 0 Å². The Labute approximate surface area is 127 Å². The molecule has 0 bridgehead atoms. The first-order valence-corrected chi connectivity index (χ1v) is 7.47. The highest BCUT2D eigenvalue weighted by Crippen LogP contribution is 2.17. The van der Waals surface area contributed by atoms with Gasteiger partial charge in [-0.3, -0.25) is 0 Å². The third-order valence-electron chi connectivity index (χ3n) is 2.99. The van der Waals surface area contributed by atoms with E-state index >= 15 is 0 Å². The van der Waals surface area contributed by atoms with E-state index in [1.807, 2.05) is 14.1 Å². The summed E-state index contributed by atoms with van der Waals surface area (Å²) in [6.07, 6.45) is 2.70. The maximum absolute atomic E-state index is 12.0. The molecule has 0 saturated heterocycles. The first-order valence-electron chi connectivity index (χ1n) is 7.47. The van der Waals surface area contributed by atoms with Gasteiger partial charge in [0.1, 0.15) is 11.4 Å².